The number of aliphatic hydroxyl groups is 1. The molecule has 124 valence electrons. The van der Waals surface area contributed by atoms with Gasteiger partial charge in [-0.05, 0) is 44.7 Å². The maximum Gasteiger partial charge on any atom is 0.340 e. The van der Waals surface area contributed by atoms with Gasteiger partial charge < -0.3 is 19.1 Å². The van der Waals surface area contributed by atoms with Gasteiger partial charge >= 0.3 is 5.97 Å². The van der Waals surface area contributed by atoms with Crippen LogP contribution in [-0.4, -0.2) is 28.4 Å². The zero-order valence-corrected chi connectivity index (χ0v) is 13.7. The van der Waals surface area contributed by atoms with Crippen molar-refractivity contribution >= 4 is 16.9 Å². The number of carbonyl (C=O) groups excluding carboxylic acids is 1. The van der Waals surface area contributed by atoms with Crippen LogP contribution in [0.4, 0.5) is 0 Å². The highest BCUT2D eigenvalue weighted by molar-refractivity contribution is 6.06. The fourth-order valence-electron chi connectivity index (χ4n) is 3.36. The highest BCUT2D eigenvalue weighted by Gasteiger charge is 2.23. The fourth-order valence-corrected chi connectivity index (χ4v) is 3.36. The first-order chi connectivity index (χ1) is 11.2. The largest absolute Gasteiger partial charge is 0.490 e. The molecule has 1 aliphatic carbocycles. The van der Waals surface area contributed by atoms with Gasteiger partial charge in [-0.1, -0.05) is 0 Å². The molecule has 1 aromatic heterocycles. The number of aliphatic hydroxyl groups excluding tert-OH is 1. The summed E-state index contributed by atoms with van der Waals surface area (Å²) in [7, 11) is 1.84. The lowest BCUT2D eigenvalue weighted by Crippen LogP contribution is -2.10. The van der Waals surface area contributed by atoms with Gasteiger partial charge in [0.25, 0.3) is 0 Å². The van der Waals surface area contributed by atoms with Gasteiger partial charge in [0.05, 0.1) is 36.1 Å². The third-order valence-corrected chi connectivity index (χ3v) is 4.53. The predicted octanol–water partition coefficient (Wildman–Crippen LogP) is 3.17. The number of benzene rings is 1. The van der Waals surface area contributed by atoms with Gasteiger partial charge in [0.15, 0.2) is 0 Å². The van der Waals surface area contributed by atoms with Crippen LogP contribution in [0.1, 0.15) is 48.7 Å². The van der Waals surface area contributed by atoms with Crippen LogP contribution in [0.25, 0.3) is 10.9 Å². The summed E-state index contributed by atoms with van der Waals surface area (Å²) in [5.41, 5.74) is 1.88. The number of aromatic nitrogens is 1. The van der Waals surface area contributed by atoms with Crippen molar-refractivity contribution < 1.29 is 19.4 Å². The molecule has 5 nitrogen and oxygen atoms in total. The van der Waals surface area contributed by atoms with Gasteiger partial charge in [0.1, 0.15) is 5.75 Å². The second-order valence-electron chi connectivity index (χ2n) is 5.96. The molecule has 2 aromatic rings. The van der Waals surface area contributed by atoms with Crippen molar-refractivity contribution in [3.63, 3.8) is 0 Å². The van der Waals surface area contributed by atoms with Gasteiger partial charge in [-0.25, -0.2) is 4.79 Å². The monoisotopic (exact) mass is 317 g/mol. The first-order valence-corrected chi connectivity index (χ1v) is 8.21. The molecule has 0 aliphatic heterocycles. The van der Waals surface area contributed by atoms with Crippen molar-refractivity contribution in [1.82, 2.24) is 4.57 Å². The Hall–Kier alpha value is -2.01. The molecule has 0 atom stereocenters. The summed E-state index contributed by atoms with van der Waals surface area (Å²) in [6, 6.07) is 5.71. The number of aryl methyl sites for hydroxylation is 1. The first-order valence-electron chi connectivity index (χ1n) is 8.21. The maximum atomic E-state index is 12.2. The van der Waals surface area contributed by atoms with Crippen LogP contribution in [0.3, 0.4) is 0 Å². The number of rotatable bonds is 5. The van der Waals surface area contributed by atoms with Gasteiger partial charge in [-0.2, -0.15) is 0 Å². The number of esters is 1. The van der Waals surface area contributed by atoms with Gasteiger partial charge in [-0.15, -0.1) is 0 Å². The molecule has 23 heavy (non-hydrogen) atoms. The molecule has 0 unspecified atom stereocenters. The fraction of sp³-hybridized carbons (Fsp3) is 0.500. The number of carbonyl (C=O) groups is 1. The molecule has 1 N–H and O–H groups in total. The van der Waals surface area contributed by atoms with Gasteiger partial charge in [0.2, 0.25) is 0 Å². The molecule has 0 bridgehead atoms. The highest BCUT2D eigenvalue weighted by Crippen LogP contribution is 2.31. The summed E-state index contributed by atoms with van der Waals surface area (Å²) in [4.78, 5) is 12.2. The van der Waals surface area contributed by atoms with Crippen LogP contribution in [0.15, 0.2) is 18.2 Å². The number of hydrogen-bond acceptors (Lipinski definition) is 4. The lowest BCUT2D eigenvalue weighted by molar-refractivity contribution is 0.0524. The van der Waals surface area contributed by atoms with E-state index in [1.807, 2.05) is 29.8 Å². The molecule has 3 rings (SSSR count). The number of ether oxygens (including phenoxy) is 2. The van der Waals surface area contributed by atoms with E-state index < -0.39 is 5.97 Å². The molecular formula is C18H23NO4. The molecule has 1 aliphatic rings. The van der Waals surface area contributed by atoms with E-state index in [1.54, 1.807) is 6.92 Å². The Kier molecular flexibility index (Phi) is 4.57. The molecule has 0 radical (unpaired) electrons. The minimum absolute atomic E-state index is 0.210. The van der Waals surface area contributed by atoms with Gasteiger partial charge in [-0.3, -0.25) is 0 Å². The van der Waals surface area contributed by atoms with E-state index in [2.05, 4.69) is 0 Å². The second kappa shape index (κ2) is 6.62. The topological polar surface area (TPSA) is 60.7 Å². The quantitative estimate of drug-likeness (QED) is 0.861. The lowest BCUT2D eigenvalue weighted by Gasteiger charge is -2.13. The van der Waals surface area contributed by atoms with E-state index in [9.17, 15) is 9.90 Å². The number of hydrogen-bond donors (Lipinski definition) is 1. The van der Waals surface area contributed by atoms with Crippen molar-refractivity contribution in [3.8, 4) is 5.75 Å². The summed E-state index contributed by atoms with van der Waals surface area (Å²) in [6.45, 7) is 1.87. The van der Waals surface area contributed by atoms with Crippen molar-refractivity contribution in [2.75, 3.05) is 6.61 Å². The third-order valence-electron chi connectivity index (χ3n) is 4.53. The molecule has 1 fully saturated rings. The minimum Gasteiger partial charge on any atom is -0.490 e. The SMILES string of the molecule is CCOC(=O)c1c(CO)n(C)c2cc(OC3CCCC3)ccc12. The van der Waals surface area contributed by atoms with Gasteiger partial charge in [0, 0.05) is 18.5 Å². The Morgan fingerprint density at radius 2 is 2.09 bits per heavy atom. The van der Waals surface area contributed by atoms with Crippen LogP contribution >= 0.6 is 0 Å². The van der Waals surface area contributed by atoms with Crippen molar-refractivity contribution in [3.05, 3.63) is 29.5 Å². The molecular weight excluding hydrogens is 294 g/mol. The average Bonchev–Trinajstić information content (AvgIpc) is 3.14. The zero-order chi connectivity index (χ0) is 16.4. The standard InChI is InChI=1S/C18H23NO4/c1-3-22-18(21)17-14-9-8-13(23-12-6-4-5-7-12)10-15(14)19(2)16(17)11-20/h8-10,12,20H,3-7,11H2,1-2H3. The van der Waals surface area contributed by atoms with Crippen LogP contribution in [-0.2, 0) is 18.4 Å². The zero-order valence-electron chi connectivity index (χ0n) is 13.7. The van der Waals surface area contributed by atoms with Crippen LogP contribution < -0.4 is 4.74 Å². The Bertz CT molecular complexity index is 713. The molecule has 0 saturated heterocycles. The summed E-state index contributed by atoms with van der Waals surface area (Å²) < 4.78 is 13.0. The van der Waals surface area contributed by atoms with E-state index in [1.165, 1.54) is 12.8 Å². The number of fused-ring (bicyclic) bond motifs is 1. The van der Waals surface area contributed by atoms with E-state index in [0.29, 0.717) is 17.9 Å². The van der Waals surface area contributed by atoms with Crippen LogP contribution in [0.5, 0.6) is 5.75 Å². The molecule has 0 spiro atoms. The third kappa shape index (κ3) is 2.93. The Balaban J connectivity index is 2.01. The van der Waals surface area contributed by atoms with Crippen molar-refractivity contribution in [2.24, 2.45) is 7.05 Å². The number of nitrogens with zero attached hydrogens (tertiary/aromatic N) is 1. The first kappa shape index (κ1) is 15.9. The summed E-state index contributed by atoms with van der Waals surface area (Å²) in [5.74, 6) is 0.413. The van der Waals surface area contributed by atoms with Crippen molar-refractivity contribution in [2.45, 2.75) is 45.3 Å². The Labute approximate surface area is 135 Å². The predicted molar refractivity (Wildman–Crippen MR) is 87.7 cm³/mol. The summed E-state index contributed by atoms with van der Waals surface area (Å²) in [6.07, 6.45) is 4.93. The lowest BCUT2D eigenvalue weighted by atomic mass is 10.1. The summed E-state index contributed by atoms with van der Waals surface area (Å²) >= 11 is 0. The van der Waals surface area contributed by atoms with Crippen molar-refractivity contribution in [1.29, 1.82) is 0 Å². The van der Waals surface area contributed by atoms with Crippen LogP contribution in [0.2, 0.25) is 0 Å². The van der Waals surface area contributed by atoms with E-state index in [-0.39, 0.29) is 12.7 Å². The molecule has 1 saturated carbocycles. The second-order valence-corrected chi connectivity index (χ2v) is 5.96. The smallest absolute Gasteiger partial charge is 0.340 e. The molecule has 0 amide bonds. The molecule has 1 heterocycles. The molecule has 5 heteroatoms. The van der Waals surface area contributed by atoms with Crippen LogP contribution in [0, 0.1) is 0 Å². The van der Waals surface area contributed by atoms with E-state index in [4.69, 9.17) is 9.47 Å². The highest BCUT2D eigenvalue weighted by atomic mass is 16.5. The normalized spacial score (nSPS) is 15.3. The maximum absolute atomic E-state index is 12.2. The van der Waals surface area contributed by atoms with E-state index in [0.717, 1.165) is 29.5 Å². The minimum atomic E-state index is -0.397. The van der Waals surface area contributed by atoms with E-state index >= 15 is 0 Å². The Morgan fingerprint density at radius 3 is 2.74 bits per heavy atom. The molecule has 1 aromatic carbocycles. The summed E-state index contributed by atoms with van der Waals surface area (Å²) in [5, 5.41) is 10.4. The average molecular weight is 317 g/mol. The Morgan fingerprint density at radius 1 is 1.35 bits per heavy atom.